The van der Waals surface area contributed by atoms with Gasteiger partial charge in [-0.3, -0.25) is 0 Å². The van der Waals surface area contributed by atoms with E-state index in [1.54, 1.807) is 0 Å². The smallest absolute Gasteiger partial charge is 0.127 e. The minimum absolute atomic E-state index is 0.666. The second kappa shape index (κ2) is 6.46. The molecule has 0 aliphatic heterocycles. The zero-order valence-corrected chi connectivity index (χ0v) is 12.0. The first-order valence-corrected chi connectivity index (χ1v) is 6.99. The molecule has 0 saturated carbocycles. The summed E-state index contributed by atoms with van der Waals surface area (Å²) in [5, 5.41) is 2.30. The molecular weight excluding hydrogens is 236 g/mol. The highest BCUT2D eigenvalue weighted by Crippen LogP contribution is 2.29. The van der Waals surface area contributed by atoms with Gasteiger partial charge in [-0.25, -0.2) is 0 Å². The number of benzene rings is 2. The molecule has 0 aliphatic carbocycles. The predicted molar refractivity (Wildman–Crippen MR) is 80.1 cm³/mol. The van der Waals surface area contributed by atoms with Crippen LogP contribution in [0.3, 0.4) is 0 Å². The van der Waals surface area contributed by atoms with E-state index < -0.39 is 0 Å². The van der Waals surface area contributed by atoms with Crippen molar-refractivity contribution in [1.29, 1.82) is 0 Å². The van der Waals surface area contributed by atoms with Gasteiger partial charge in [-0.2, -0.15) is 0 Å². The van der Waals surface area contributed by atoms with Crippen LogP contribution in [-0.2, 0) is 0 Å². The van der Waals surface area contributed by atoms with Crippen molar-refractivity contribution in [3.8, 4) is 11.5 Å². The van der Waals surface area contributed by atoms with Crippen LogP contribution in [0.2, 0.25) is 0 Å². The fourth-order valence-electron chi connectivity index (χ4n) is 2.01. The Kier molecular flexibility index (Phi) is 4.67. The third-order valence-corrected chi connectivity index (χ3v) is 3.08. The molecule has 0 amide bonds. The van der Waals surface area contributed by atoms with Crippen molar-refractivity contribution in [2.24, 2.45) is 5.92 Å². The van der Waals surface area contributed by atoms with Gasteiger partial charge in [0.05, 0.1) is 13.2 Å². The molecule has 0 radical (unpaired) electrons. The van der Waals surface area contributed by atoms with Gasteiger partial charge in [0, 0.05) is 5.39 Å². The van der Waals surface area contributed by atoms with E-state index in [4.69, 9.17) is 9.47 Å². The molecule has 0 aromatic heterocycles. The van der Waals surface area contributed by atoms with Crippen LogP contribution in [0, 0.1) is 5.92 Å². The summed E-state index contributed by atoms with van der Waals surface area (Å²) in [4.78, 5) is 0. The Hall–Kier alpha value is -1.70. The van der Waals surface area contributed by atoms with Gasteiger partial charge in [0.15, 0.2) is 0 Å². The third kappa shape index (κ3) is 3.63. The first-order valence-electron chi connectivity index (χ1n) is 6.99. The van der Waals surface area contributed by atoms with Crippen LogP contribution in [0.25, 0.3) is 10.8 Å². The predicted octanol–water partition coefficient (Wildman–Crippen LogP) is 4.66. The SMILES string of the molecule is CCOc1cccc2ccc(OCCC(C)C)cc12. The summed E-state index contributed by atoms with van der Waals surface area (Å²) in [5.74, 6) is 2.51. The van der Waals surface area contributed by atoms with Crippen LogP contribution in [0.5, 0.6) is 11.5 Å². The van der Waals surface area contributed by atoms with Crippen molar-refractivity contribution in [3.63, 3.8) is 0 Å². The molecule has 0 unspecified atom stereocenters. The van der Waals surface area contributed by atoms with E-state index in [-0.39, 0.29) is 0 Å². The first kappa shape index (κ1) is 13.7. The zero-order chi connectivity index (χ0) is 13.7. The van der Waals surface area contributed by atoms with Crippen LogP contribution >= 0.6 is 0 Å². The van der Waals surface area contributed by atoms with Crippen molar-refractivity contribution >= 4 is 10.8 Å². The molecule has 102 valence electrons. The lowest BCUT2D eigenvalue weighted by Gasteiger charge is -2.11. The molecule has 0 fully saturated rings. The topological polar surface area (TPSA) is 18.5 Å². The van der Waals surface area contributed by atoms with Gasteiger partial charge in [0.1, 0.15) is 11.5 Å². The molecule has 2 aromatic carbocycles. The highest BCUT2D eigenvalue weighted by molar-refractivity contribution is 5.89. The van der Waals surface area contributed by atoms with Crippen LogP contribution in [0.4, 0.5) is 0 Å². The molecule has 19 heavy (non-hydrogen) atoms. The highest BCUT2D eigenvalue weighted by Gasteiger charge is 2.04. The lowest BCUT2D eigenvalue weighted by molar-refractivity contribution is 0.289. The van der Waals surface area contributed by atoms with Crippen LogP contribution in [0.15, 0.2) is 36.4 Å². The number of ether oxygens (including phenoxy) is 2. The molecule has 0 heterocycles. The molecule has 0 bridgehead atoms. The van der Waals surface area contributed by atoms with Crippen LogP contribution in [-0.4, -0.2) is 13.2 Å². The van der Waals surface area contributed by atoms with E-state index in [9.17, 15) is 0 Å². The van der Waals surface area contributed by atoms with Crippen molar-refractivity contribution < 1.29 is 9.47 Å². The first-order chi connectivity index (χ1) is 9.20. The van der Waals surface area contributed by atoms with E-state index >= 15 is 0 Å². The molecule has 0 saturated heterocycles. The average molecular weight is 258 g/mol. The maximum atomic E-state index is 5.80. The molecule has 2 nitrogen and oxygen atoms in total. The van der Waals surface area contributed by atoms with Crippen molar-refractivity contribution in [3.05, 3.63) is 36.4 Å². The summed E-state index contributed by atoms with van der Waals surface area (Å²) in [6.45, 7) is 7.85. The van der Waals surface area contributed by atoms with Gasteiger partial charge >= 0.3 is 0 Å². The summed E-state index contributed by atoms with van der Waals surface area (Å²) in [7, 11) is 0. The minimum Gasteiger partial charge on any atom is -0.494 e. The Morgan fingerprint density at radius 2 is 1.89 bits per heavy atom. The summed E-state index contributed by atoms with van der Waals surface area (Å²) in [5.41, 5.74) is 0. The van der Waals surface area contributed by atoms with E-state index in [0.29, 0.717) is 12.5 Å². The zero-order valence-electron chi connectivity index (χ0n) is 12.0. The van der Waals surface area contributed by atoms with Gasteiger partial charge < -0.3 is 9.47 Å². The van der Waals surface area contributed by atoms with E-state index in [2.05, 4.69) is 32.0 Å². The average Bonchev–Trinajstić information content (AvgIpc) is 2.39. The van der Waals surface area contributed by atoms with Crippen LogP contribution in [0.1, 0.15) is 27.2 Å². The summed E-state index contributed by atoms with van der Waals surface area (Å²) in [6.07, 6.45) is 1.07. The molecule has 0 spiro atoms. The standard InChI is InChI=1S/C17H22O2/c1-4-18-17-7-5-6-14-8-9-15(12-16(14)17)19-11-10-13(2)3/h5-9,12-13H,4,10-11H2,1-3H3. The fraction of sp³-hybridized carbons (Fsp3) is 0.412. The van der Waals surface area contributed by atoms with Crippen molar-refractivity contribution in [1.82, 2.24) is 0 Å². The Morgan fingerprint density at radius 3 is 2.63 bits per heavy atom. The Morgan fingerprint density at radius 1 is 1.05 bits per heavy atom. The quantitative estimate of drug-likeness (QED) is 0.750. The molecular formula is C17H22O2. The number of hydrogen-bond donors (Lipinski definition) is 0. The third-order valence-electron chi connectivity index (χ3n) is 3.08. The monoisotopic (exact) mass is 258 g/mol. The molecule has 2 heteroatoms. The Labute approximate surface area is 115 Å². The summed E-state index contributed by atoms with van der Waals surface area (Å²) in [6, 6.07) is 12.3. The second-order valence-corrected chi connectivity index (χ2v) is 5.10. The Bertz CT molecular complexity index is 532. The largest absolute Gasteiger partial charge is 0.494 e. The Balaban J connectivity index is 2.20. The molecule has 2 rings (SSSR count). The van der Waals surface area contributed by atoms with E-state index in [1.165, 1.54) is 5.39 Å². The van der Waals surface area contributed by atoms with Gasteiger partial charge in [0.25, 0.3) is 0 Å². The van der Waals surface area contributed by atoms with E-state index in [0.717, 1.165) is 29.9 Å². The van der Waals surface area contributed by atoms with Gasteiger partial charge in [-0.05, 0) is 42.8 Å². The maximum absolute atomic E-state index is 5.80. The van der Waals surface area contributed by atoms with Gasteiger partial charge in [-0.15, -0.1) is 0 Å². The molecule has 0 aliphatic rings. The van der Waals surface area contributed by atoms with Crippen molar-refractivity contribution in [2.75, 3.05) is 13.2 Å². The second-order valence-electron chi connectivity index (χ2n) is 5.10. The lowest BCUT2D eigenvalue weighted by atomic mass is 10.1. The minimum atomic E-state index is 0.666. The van der Waals surface area contributed by atoms with Gasteiger partial charge in [0.2, 0.25) is 0 Å². The van der Waals surface area contributed by atoms with Crippen LogP contribution < -0.4 is 9.47 Å². The number of rotatable bonds is 6. The normalized spacial score (nSPS) is 10.9. The van der Waals surface area contributed by atoms with Gasteiger partial charge in [-0.1, -0.05) is 32.0 Å². The number of fused-ring (bicyclic) bond motifs is 1. The fourth-order valence-corrected chi connectivity index (χ4v) is 2.01. The number of hydrogen-bond acceptors (Lipinski definition) is 2. The maximum Gasteiger partial charge on any atom is 0.127 e. The van der Waals surface area contributed by atoms with E-state index in [1.807, 2.05) is 25.1 Å². The molecule has 0 N–H and O–H groups in total. The summed E-state index contributed by atoms with van der Waals surface area (Å²) < 4.78 is 11.5. The molecule has 2 aromatic rings. The summed E-state index contributed by atoms with van der Waals surface area (Å²) >= 11 is 0. The highest BCUT2D eigenvalue weighted by atomic mass is 16.5. The molecule has 0 atom stereocenters. The lowest BCUT2D eigenvalue weighted by Crippen LogP contribution is -2.01. The van der Waals surface area contributed by atoms with Crippen molar-refractivity contribution in [2.45, 2.75) is 27.2 Å².